The number of nitro groups is 1. The van der Waals surface area contributed by atoms with Crippen molar-refractivity contribution in [2.45, 2.75) is 19.4 Å². The maximum atomic E-state index is 13.8. The Bertz CT molecular complexity index is 645. The van der Waals surface area contributed by atoms with Crippen molar-refractivity contribution in [1.82, 2.24) is 0 Å². The van der Waals surface area contributed by atoms with E-state index in [-0.39, 0.29) is 23.2 Å². The summed E-state index contributed by atoms with van der Waals surface area (Å²) in [6, 6.07) is 8.91. The summed E-state index contributed by atoms with van der Waals surface area (Å²) in [7, 11) is 0. The summed E-state index contributed by atoms with van der Waals surface area (Å²) in [6.07, 6.45) is 0.619. The van der Waals surface area contributed by atoms with Gasteiger partial charge in [0, 0.05) is 12.1 Å². The summed E-state index contributed by atoms with van der Waals surface area (Å²) in [5, 5.41) is 13.7. The Hall–Kier alpha value is -2.50. The molecule has 0 radical (unpaired) electrons. The van der Waals surface area contributed by atoms with Crippen molar-refractivity contribution in [3.05, 3.63) is 69.8 Å². The fourth-order valence-electron chi connectivity index (χ4n) is 2.04. The monoisotopic (exact) mass is 292 g/mol. The van der Waals surface area contributed by atoms with Gasteiger partial charge in [0.15, 0.2) is 0 Å². The molecule has 0 bridgehead atoms. The molecule has 0 amide bonds. The maximum Gasteiger partial charge on any atom is 0.271 e. The van der Waals surface area contributed by atoms with E-state index in [1.54, 1.807) is 12.1 Å². The van der Waals surface area contributed by atoms with Crippen LogP contribution in [0.25, 0.3) is 0 Å². The summed E-state index contributed by atoms with van der Waals surface area (Å²) < 4.78 is 26.7. The summed E-state index contributed by atoms with van der Waals surface area (Å²) in [4.78, 5) is 10.2. The summed E-state index contributed by atoms with van der Waals surface area (Å²) in [5.74, 6) is -0.920. The highest BCUT2D eigenvalue weighted by molar-refractivity contribution is 5.53. The first-order chi connectivity index (χ1) is 10.0. The second-order valence-corrected chi connectivity index (χ2v) is 4.58. The third-order valence-corrected chi connectivity index (χ3v) is 3.17. The molecule has 2 aromatic carbocycles. The summed E-state index contributed by atoms with van der Waals surface area (Å²) >= 11 is 0. The first-order valence-corrected chi connectivity index (χ1v) is 6.47. The van der Waals surface area contributed by atoms with Gasteiger partial charge in [-0.1, -0.05) is 19.1 Å². The van der Waals surface area contributed by atoms with E-state index in [1.807, 2.05) is 6.92 Å². The van der Waals surface area contributed by atoms with E-state index in [4.69, 9.17) is 0 Å². The Kier molecular flexibility index (Phi) is 4.47. The summed E-state index contributed by atoms with van der Waals surface area (Å²) in [5.41, 5.74) is 0.651. The molecule has 0 saturated heterocycles. The molecule has 2 rings (SSSR count). The minimum atomic E-state index is -0.580. The van der Waals surface area contributed by atoms with Gasteiger partial charge in [-0.2, -0.15) is 0 Å². The minimum Gasteiger partial charge on any atom is -0.376 e. The van der Waals surface area contributed by atoms with Crippen LogP contribution in [0, 0.1) is 21.7 Å². The number of non-ortho nitro benzene ring substituents is 1. The molecule has 0 saturated carbocycles. The van der Waals surface area contributed by atoms with Crippen molar-refractivity contribution in [3.8, 4) is 0 Å². The average Bonchev–Trinajstić information content (AvgIpc) is 2.47. The number of halogens is 2. The molecule has 21 heavy (non-hydrogen) atoms. The van der Waals surface area contributed by atoms with E-state index in [0.29, 0.717) is 6.42 Å². The van der Waals surface area contributed by atoms with Crippen molar-refractivity contribution in [3.63, 3.8) is 0 Å². The molecule has 1 unspecified atom stereocenters. The first kappa shape index (κ1) is 14.9. The molecule has 110 valence electrons. The van der Waals surface area contributed by atoms with Crippen LogP contribution in [0.15, 0.2) is 42.5 Å². The molecular formula is C15H14F2N2O2. The quantitative estimate of drug-likeness (QED) is 0.655. The van der Waals surface area contributed by atoms with Crippen LogP contribution in [0.5, 0.6) is 0 Å². The largest absolute Gasteiger partial charge is 0.376 e. The van der Waals surface area contributed by atoms with Gasteiger partial charge in [-0.3, -0.25) is 10.1 Å². The Morgan fingerprint density at radius 1 is 1.19 bits per heavy atom. The third-order valence-electron chi connectivity index (χ3n) is 3.17. The normalized spacial score (nSPS) is 12.0. The molecule has 0 aliphatic rings. The van der Waals surface area contributed by atoms with Crippen molar-refractivity contribution >= 4 is 11.4 Å². The molecule has 0 fully saturated rings. The van der Waals surface area contributed by atoms with Crippen LogP contribution in [0.1, 0.15) is 24.9 Å². The number of anilines is 1. The minimum absolute atomic E-state index is 0.0559. The predicted molar refractivity (Wildman–Crippen MR) is 76.1 cm³/mol. The van der Waals surface area contributed by atoms with Crippen molar-refractivity contribution in [2.75, 3.05) is 5.32 Å². The van der Waals surface area contributed by atoms with Crippen LogP contribution in [-0.4, -0.2) is 4.92 Å². The maximum absolute atomic E-state index is 13.8. The number of nitro benzene ring substituents is 1. The zero-order valence-electron chi connectivity index (χ0n) is 11.3. The molecule has 6 heteroatoms. The fourth-order valence-corrected chi connectivity index (χ4v) is 2.04. The van der Waals surface area contributed by atoms with Crippen LogP contribution in [0.2, 0.25) is 0 Å². The Labute approximate surface area is 120 Å². The lowest BCUT2D eigenvalue weighted by Gasteiger charge is -2.19. The van der Waals surface area contributed by atoms with E-state index < -0.39 is 10.7 Å². The molecule has 0 aliphatic heterocycles. The van der Waals surface area contributed by atoms with E-state index in [0.717, 1.165) is 23.8 Å². The highest BCUT2D eigenvalue weighted by atomic mass is 19.1. The first-order valence-electron chi connectivity index (χ1n) is 6.47. The zero-order valence-corrected chi connectivity index (χ0v) is 11.3. The molecule has 1 N–H and O–H groups in total. The number of nitrogens with one attached hydrogen (secondary N) is 1. The highest BCUT2D eigenvalue weighted by Crippen LogP contribution is 2.27. The lowest BCUT2D eigenvalue weighted by atomic mass is 10.0. The van der Waals surface area contributed by atoms with Gasteiger partial charge in [-0.25, -0.2) is 8.78 Å². The number of nitrogens with zero attached hydrogens (tertiary/aromatic N) is 1. The van der Waals surface area contributed by atoms with E-state index in [1.165, 1.54) is 12.1 Å². The average molecular weight is 292 g/mol. The van der Waals surface area contributed by atoms with Crippen molar-refractivity contribution < 1.29 is 13.7 Å². The van der Waals surface area contributed by atoms with Gasteiger partial charge < -0.3 is 5.32 Å². The Morgan fingerprint density at radius 3 is 2.43 bits per heavy atom. The standard InChI is InChI=1S/C15H14F2N2O2/c1-2-14(10-3-5-11(16)6-4-10)18-15-9-12(19(20)21)7-8-13(15)17/h3-9,14,18H,2H2,1H3. The second kappa shape index (κ2) is 6.30. The number of hydrogen-bond donors (Lipinski definition) is 1. The zero-order chi connectivity index (χ0) is 15.4. The van der Waals surface area contributed by atoms with Crippen LogP contribution >= 0.6 is 0 Å². The Balaban J connectivity index is 2.28. The molecule has 0 aliphatic carbocycles. The molecule has 0 heterocycles. The SMILES string of the molecule is CCC(Nc1cc([N+](=O)[O-])ccc1F)c1ccc(F)cc1. The van der Waals surface area contributed by atoms with Gasteiger partial charge in [-0.15, -0.1) is 0 Å². The number of hydrogen-bond acceptors (Lipinski definition) is 3. The second-order valence-electron chi connectivity index (χ2n) is 4.58. The molecule has 0 spiro atoms. The van der Waals surface area contributed by atoms with Gasteiger partial charge in [0.2, 0.25) is 0 Å². The van der Waals surface area contributed by atoms with Gasteiger partial charge in [0.25, 0.3) is 5.69 Å². The lowest BCUT2D eigenvalue weighted by Crippen LogP contribution is -2.11. The van der Waals surface area contributed by atoms with Gasteiger partial charge in [0.1, 0.15) is 11.6 Å². The topological polar surface area (TPSA) is 55.2 Å². The molecule has 2 aromatic rings. The number of rotatable bonds is 5. The Morgan fingerprint density at radius 2 is 1.86 bits per heavy atom. The molecular weight excluding hydrogens is 278 g/mol. The fraction of sp³-hybridized carbons (Fsp3) is 0.200. The number of benzene rings is 2. The molecule has 4 nitrogen and oxygen atoms in total. The van der Waals surface area contributed by atoms with E-state index >= 15 is 0 Å². The smallest absolute Gasteiger partial charge is 0.271 e. The van der Waals surface area contributed by atoms with Crippen molar-refractivity contribution in [2.24, 2.45) is 0 Å². The van der Waals surface area contributed by atoms with Gasteiger partial charge in [0.05, 0.1) is 16.7 Å². The van der Waals surface area contributed by atoms with Crippen LogP contribution in [0.4, 0.5) is 20.2 Å². The van der Waals surface area contributed by atoms with Gasteiger partial charge in [-0.05, 0) is 30.2 Å². The lowest BCUT2D eigenvalue weighted by molar-refractivity contribution is -0.384. The highest BCUT2D eigenvalue weighted by Gasteiger charge is 2.15. The predicted octanol–water partition coefficient (Wildman–Crippen LogP) is 4.44. The van der Waals surface area contributed by atoms with Crippen LogP contribution < -0.4 is 5.32 Å². The summed E-state index contributed by atoms with van der Waals surface area (Å²) in [6.45, 7) is 1.89. The van der Waals surface area contributed by atoms with Gasteiger partial charge >= 0.3 is 0 Å². The van der Waals surface area contributed by atoms with Crippen LogP contribution in [-0.2, 0) is 0 Å². The molecule has 1 atom stereocenters. The third kappa shape index (κ3) is 3.53. The van der Waals surface area contributed by atoms with E-state index in [2.05, 4.69) is 5.32 Å². The van der Waals surface area contributed by atoms with E-state index in [9.17, 15) is 18.9 Å². The van der Waals surface area contributed by atoms with Crippen LogP contribution in [0.3, 0.4) is 0 Å². The molecule has 0 aromatic heterocycles. The van der Waals surface area contributed by atoms with Crippen molar-refractivity contribution in [1.29, 1.82) is 0 Å².